The first-order valence-corrected chi connectivity index (χ1v) is 10.6. The summed E-state index contributed by atoms with van der Waals surface area (Å²) in [5.41, 5.74) is 1.11. The van der Waals surface area contributed by atoms with Gasteiger partial charge in [0.15, 0.2) is 10.9 Å². The summed E-state index contributed by atoms with van der Waals surface area (Å²) in [7, 11) is -2.98. The Morgan fingerprint density at radius 3 is 2.10 bits per heavy atom. The van der Waals surface area contributed by atoms with Crippen molar-refractivity contribution in [2.24, 2.45) is 7.05 Å². The molecule has 0 aliphatic carbocycles. The summed E-state index contributed by atoms with van der Waals surface area (Å²) in [6.07, 6.45) is 0. The lowest BCUT2D eigenvalue weighted by Crippen LogP contribution is -2.19. The van der Waals surface area contributed by atoms with Crippen LogP contribution in [0.3, 0.4) is 0 Å². The van der Waals surface area contributed by atoms with Gasteiger partial charge in [-0.15, -0.1) is 0 Å². The van der Waals surface area contributed by atoms with Crippen LogP contribution in [0.2, 0.25) is 0 Å². The van der Waals surface area contributed by atoms with Crippen molar-refractivity contribution in [2.75, 3.05) is 0 Å². The van der Waals surface area contributed by atoms with E-state index in [0.717, 1.165) is 3.97 Å². The fraction of sp³-hybridized carbons (Fsp3) is 0.0909. The lowest BCUT2D eigenvalue weighted by Gasteiger charge is -2.16. The molecular formula is C22H16N2O5S. The second kappa shape index (κ2) is 6.01. The Balaban J connectivity index is 2.18. The van der Waals surface area contributed by atoms with Crippen molar-refractivity contribution < 1.29 is 13.0 Å². The van der Waals surface area contributed by atoms with Crippen molar-refractivity contribution in [3.8, 4) is 0 Å². The van der Waals surface area contributed by atoms with Crippen LogP contribution in [0.1, 0.15) is 5.56 Å². The van der Waals surface area contributed by atoms with E-state index in [9.17, 15) is 22.6 Å². The van der Waals surface area contributed by atoms with Gasteiger partial charge in [-0.25, -0.2) is 3.97 Å². The molecule has 0 fully saturated rings. The Hall–Kier alpha value is -3.49. The third-order valence-electron chi connectivity index (χ3n) is 5.61. The predicted octanol–water partition coefficient (Wildman–Crippen LogP) is 3.12. The van der Waals surface area contributed by atoms with Crippen LogP contribution in [0, 0.1) is 6.92 Å². The molecule has 1 N–H and O–H groups in total. The maximum absolute atomic E-state index is 13.2. The molecule has 8 heteroatoms. The first kappa shape index (κ1) is 18.5. The van der Waals surface area contributed by atoms with E-state index in [-0.39, 0.29) is 38.0 Å². The largest absolute Gasteiger partial charge is 0.364 e. The maximum atomic E-state index is 13.2. The molecule has 2 aromatic heterocycles. The summed E-state index contributed by atoms with van der Waals surface area (Å²) in [6.45, 7) is 1.66. The molecule has 0 amide bonds. The zero-order valence-corrected chi connectivity index (χ0v) is 16.9. The number of aromatic nitrogens is 2. The first-order chi connectivity index (χ1) is 14.2. The number of pyridine rings is 2. The number of aryl methyl sites for hydroxylation is 2. The topological polar surface area (TPSA) is 98.4 Å². The van der Waals surface area contributed by atoms with Gasteiger partial charge in [0.2, 0.25) is 0 Å². The van der Waals surface area contributed by atoms with Gasteiger partial charge < -0.3 is 4.57 Å². The van der Waals surface area contributed by atoms with Crippen molar-refractivity contribution in [3.63, 3.8) is 0 Å². The molecule has 0 saturated carbocycles. The Kier molecular flexibility index (Phi) is 3.71. The molecule has 5 rings (SSSR count). The Morgan fingerprint density at radius 1 is 0.767 bits per heavy atom. The van der Waals surface area contributed by atoms with Crippen molar-refractivity contribution in [2.45, 2.75) is 6.92 Å². The molecule has 0 unspecified atom stereocenters. The average Bonchev–Trinajstić information content (AvgIpc) is 2.71. The fourth-order valence-electron chi connectivity index (χ4n) is 4.24. The van der Waals surface area contributed by atoms with Crippen molar-refractivity contribution in [1.82, 2.24) is 8.54 Å². The van der Waals surface area contributed by atoms with E-state index in [1.54, 1.807) is 48.9 Å². The summed E-state index contributed by atoms with van der Waals surface area (Å²) in [5, 5.41) is 1.01. The predicted molar refractivity (Wildman–Crippen MR) is 118 cm³/mol. The highest BCUT2D eigenvalue weighted by atomic mass is 32.2. The number of hydrogen-bond donors (Lipinski definition) is 1. The van der Waals surface area contributed by atoms with Gasteiger partial charge in [-0.2, -0.15) is 8.42 Å². The van der Waals surface area contributed by atoms with Gasteiger partial charge in [-0.3, -0.25) is 14.1 Å². The van der Waals surface area contributed by atoms with E-state index >= 15 is 0 Å². The van der Waals surface area contributed by atoms with E-state index in [2.05, 4.69) is 0 Å². The zero-order chi connectivity index (χ0) is 21.4. The summed E-state index contributed by atoms with van der Waals surface area (Å²) >= 11 is 0. The van der Waals surface area contributed by atoms with Crippen LogP contribution in [-0.2, 0) is 17.4 Å². The second-order valence-electron chi connectivity index (χ2n) is 7.33. The van der Waals surface area contributed by atoms with Crippen LogP contribution in [0.5, 0.6) is 0 Å². The van der Waals surface area contributed by atoms with Crippen molar-refractivity contribution in [1.29, 1.82) is 0 Å². The molecule has 7 nitrogen and oxygen atoms in total. The third kappa shape index (κ3) is 2.38. The molecule has 0 aliphatic rings. The number of para-hydroxylation sites is 2. The highest BCUT2D eigenvalue weighted by Gasteiger charge is 2.21. The molecule has 0 spiro atoms. The Morgan fingerprint density at radius 2 is 1.37 bits per heavy atom. The number of benzene rings is 3. The average molecular weight is 420 g/mol. The number of rotatable bonds is 1. The van der Waals surface area contributed by atoms with E-state index in [0.29, 0.717) is 22.0 Å². The van der Waals surface area contributed by atoms with E-state index in [4.69, 9.17) is 0 Å². The van der Waals surface area contributed by atoms with Crippen molar-refractivity contribution in [3.05, 3.63) is 80.6 Å². The van der Waals surface area contributed by atoms with Crippen molar-refractivity contribution >= 4 is 53.9 Å². The standard InChI is InChI=1S/C22H16N2O5S/c1-12-6-5-8-14-20(12)24(30(27,28)29)19-11-15-18(10-16(19)22(14)26)23(2)17-9-4-3-7-13(17)21(15)25/h3-11H,1-2H3,(H,27,28,29). The van der Waals surface area contributed by atoms with E-state index in [1.165, 1.54) is 18.2 Å². The van der Waals surface area contributed by atoms with Crippen LogP contribution < -0.4 is 10.9 Å². The van der Waals surface area contributed by atoms with Gasteiger partial charge in [0.25, 0.3) is 0 Å². The smallest absolute Gasteiger partial charge is 0.343 e. The molecule has 2 heterocycles. The summed E-state index contributed by atoms with van der Waals surface area (Å²) in [4.78, 5) is 26.4. The third-order valence-corrected chi connectivity index (χ3v) is 6.45. The Labute approximate surface area is 170 Å². The fourth-order valence-corrected chi connectivity index (χ4v) is 5.11. The monoisotopic (exact) mass is 420 g/mol. The van der Waals surface area contributed by atoms with Gasteiger partial charge in [-0.1, -0.05) is 24.3 Å². The molecule has 150 valence electrons. The SMILES string of the molecule is Cc1cccc2c(=O)c3cc4c(cc3n(S(=O)(=O)O)c12)c(=O)c1ccccc1n4C. The lowest BCUT2D eigenvalue weighted by atomic mass is 10.0. The highest BCUT2D eigenvalue weighted by molar-refractivity contribution is 7.84. The molecule has 0 radical (unpaired) electrons. The van der Waals surface area contributed by atoms with E-state index < -0.39 is 10.3 Å². The van der Waals surface area contributed by atoms with Crippen LogP contribution in [0.4, 0.5) is 0 Å². The van der Waals surface area contributed by atoms with E-state index in [1.807, 2.05) is 6.07 Å². The number of fused-ring (bicyclic) bond motifs is 4. The lowest BCUT2D eigenvalue weighted by molar-refractivity contribution is 0.476. The second-order valence-corrected chi connectivity index (χ2v) is 8.60. The maximum Gasteiger partial charge on any atom is 0.364 e. The molecule has 0 saturated heterocycles. The van der Waals surface area contributed by atoms with Gasteiger partial charge >= 0.3 is 10.3 Å². The number of nitrogens with zero attached hydrogens (tertiary/aromatic N) is 2. The molecule has 5 aromatic rings. The minimum Gasteiger partial charge on any atom is -0.343 e. The Bertz CT molecular complexity index is 1780. The van der Waals surface area contributed by atoms with Gasteiger partial charge in [-0.05, 0) is 42.8 Å². The van der Waals surface area contributed by atoms with Gasteiger partial charge in [0, 0.05) is 28.6 Å². The van der Waals surface area contributed by atoms with Crippen LogP contribution in [0.15, 0.2) is 64.2 Å². The molecule has 3 aromatic carbocycles. The molecule has 30 heavy (non-hydrogen) atoms. The summed E-state index contributed by atoms with van der Waals surface area (Å²) in [5.74, 6) is 0. The van der Waals surface area contributed by atoms with Crippen LogP contribution >= 0.6 is 0 Å². The number of hydrogen-bond acceptors (Lipinski definition) is 4. The normalized spacial score (nSPS) is 12.4. The highest BCUT2D eigenvalue weighted by Crippen LogP contribution is 2.27. The molecule has 0 aliphatic heterocycles. The van der Waals surface area contributed by atoms with Crippen LogP contribution in [0.25, 0.3) is 43.6 Å². The minimum absolute atomic E-state index is 0.0378. The summed E-state index contributed by atoms with van der Waals surface area (Å²) < 4.78 is 37.3. The molecule has 0 bridgehead atoms. The van der Waals surface area contributed by atoms with Gasteiger partial charge in [0.05, 0.1) is 22.1 Å². The molecule has 0 atom stereocenters. The zero-order valence-electron chi connectivity index (χ0n) is 16.1. The molecular weight excluding hydrogens is 404 g/mol. The summed E-state index contributed by atoms with van der Waals surface area (Å²) in [6, 6.07) is 14.8. The minimum atomic E-state index is -4.76. The van der Waals surface area contributed by atoms with Gasteiger partial charge in [0.1, 0.15) is 0 Å². The quantitative estimate of drug-likeness (QED) is 0.332. The van der Waals surface area contributed by atoms with Crippen LogP contribution in [-0.4, -0.2) is 21.5 Å². The first-order valence-electron chi connectivity index (χ1n) is 9.17.